The average molecular weight is 438 g/mol. The fraction of sp³-hybridized carbons (Fsp3) is 0.500. The Labute approximate surface area is 189 Å². The van der Waals surface area contributed by atoms with Gasteiger partial charge in [-0.05, 0) is 50.8 Å². The van der Waals surface area contributed by atoms with Gasteiger partial charge >= 0.3 is 0 Å². The molecule has 2 fully saturated rings. The van der Waals surface area contributed by atoms with Crippen LogP contribution < -0.4 is 5.32 Å². The molecule has 1 heterocycles. The number of rotatable bonds is 8. The highest BCUT2D eigenvalue weighted by Crippen LogP contribution is 2.32. The molecular formula is C24H31N5O3. The molecule has 2 amide bonds. The number of aliphatic imine (C=N–C) groups is 1. The summed E-state index contributed by atoms with van der Waals surface area (Å²) in [6.45, 7) is 11.6. The third kappa shape index (κ3) is 5.54. The number of hydrogen-bond donors (Lipinski definition) is 1. The number of nitrogens with zero attached hydrogens (tertiary/aromatic N) is 4. The number of carbonyl (C=O) groups is 2. The van der Waals surface area contributed by atoms with Crippen molar-refractivity contribution in [1.82, 2.24) is 9.80 Å². The maximum atomic E-state index is 12.7. The standard InChI is InChI=1S/C24H31N5O3/c1-15-12-28(13-15)23(30)14-29(18(4)32-5)17(3)26-16(2)21-9-6-19(11-25)10-22(21)27-24(31)20-7-8-20/h6,9-10,15,18,20H,2,7-8,12-14H2,1,3-5H3,(H,27,31). The van der Waals surface area contributed by atoms with E-state index in [2.05, 4.69) is 29.9 Å². The van der Waals surface area contributed by atoms with Crippen molar-refractivity contribution in [1.29, 1.82) is 5.26 Å². The van der Waals surface area contributed by atoms with Gasteiger partial charge in [-0.3, -0.25) is 9.59 Å². The van der Waals surface area contributed by atoms with Gasteiger partial charge < -0.3 is 19.9 Å². The summed E-state index contributed by atoms with van der Waals surface area (Å²) in [6, 6.07) is 7.13. The van der Waals surface area contributed by atoms with Gasteiger partial charge in [0.2, 0.25) is 11.8 Å². The zero-order valence-electron chi connectivity index (χ0n) is 19.2. The Morgan fingerprint density at radius 1 is 1.41 bits per heavy atom. The van der Waals surface area contributed by atoms with Gasteiger partial charge in [0.15, 0.2) is 0 Å². The minimum atomic E-state index is -0.357. The highest BCUT2D eigenvalue weighted by atomic mass is 16.5. The number of benzene rings is 1. The number of anilines is 1. The van der Waals surface area contributed by atoms with Crippen LogP contribution in [0.4, 0.5) is 5.69 Å². The Bertz CT molecular complexity index is 970. The van der Waals surface area contributed by atoms with Gasteiger partial charge in [-0.15, -0.1) is 0 Å². The Morgan fingerprint density at radius 3 is 2.66 bits per heavy atom. The lowest BCUT2D eigenvalue weighted by Gasteiger charge is -2.39. The van der Waals surface area contributed by atoms with Crippen LogP contribution in [0.25, 0.3) is 5.70 Å². The summed E-state index contributed by atoms with van der Waals surface area (Å²) in [5, 5.41) is 12.2. The molecule has 32 heavy (non-hydrogen) atoms. The normalized spacial score (nSPS) is 17.2. The Kier molecular flexibility index (Phi) is 7.31. The van der Waals surface area contributed by atoms with Gasteiger partial charge in [0.1, 0.15) is 18.6 Å². The number of amides is 2. The molecule has 3 rings (SSSR count). The minimum Gasteiger partial charge on any atom is -0.362 e. The second-order valence-electron chi connectivity index (χ2n) is 8.61. The third-order valence-corrected chi connectivity index (χ3v) is 5.88. The van der Waals surface area contributed by atoms with Crippen molar-refractivity contribution in [3.63, 3.8) is 0 Å². The molecule has 8 nitrogen and oxygen atoms in total. The maximum Gasteiger partial charge on any atom is 0.242 e. The number of carbonyl (C=O) groups excluding carboxylic acids is 2. The SMILES string of the molecule is C=C(N=C(C)N(CC(=O)N1CC(C)C1)C(C)OC)c1ccc(C#N)cc1NC(=O)C1CC1. The molecule has 0 aromatic heterocycles. The molecule has 1 atom stereocenters. The van der Waals surface area contributed by atoms with Crippen molar-refractivity contribution in [2.75, 3.05) is 32.1 Å². The highest BCUT2D eigenvalue weighted by molar-refractivity contribution is 5.98. The predicted molar refractivity (Wildman–Crippen MR) is 124 cm³/mol. The van der Waals surface area contributed by atoms with E-state index in [0.717, 1.165) is 25.9 Å². The molecule has 0 radical (unpaired) electrons. The van der Waals surface area contributed by atoms with Crippen LogP contribution >= 0.6 is 0 Å². The van der Waals surface area contributed by atoms with Crippen molar-refractivity contribution in [2.45, 2.75) is 39.8 Å². The van der Waals surface area contributed by atoms with Crippen LogP contribution in [0, 0.1) is 23.2 Å². The molecule has 0 bridgehead atoms. The van der Waals surface area contributed by atoms with Gasteiger partial charge in [-0.25, -0.2) is 4.99 Å². The maximum absolute atomic E-state index is 12.7. The number of nitriles is 1. The molecule has 1 aliphatic heterocycles. The zero-order chi connectivity index (χ0) is 23.4. The van der Waals surface area contributed by atoms with Gasteiger partial charge in [-0.1, -0.05) is 13.5 Å². The van der Waals surface area contributed by atoms with Crippen LogP contribution in [0.15, 0.2) is 29.8 Å². The van der Waals surface area contributed by atoms with Crippen LogP contribution in [0.1, 0.15) is 44.7 Å². The lowest BCUT2D eigenvalue weighted by atomic mass is 10.0. The zero-order valence-corrected chi connectivity index (χ0v) is 19.2. The van der Waals surface area contributed by atoms with Crippen LogP contribution in [0.2, 0.25) is 0 Å². The van der Waals surface area contributed by atoms with E-state index in [0.29, 0.717) is 34.3 Å². The van der Waals surface area contributed by atoms with Crippen LogP contribution in [-0.4, -0.2) is 60.4 Å². The molecular weight excluding hydrogens is 406 g/mol. The summed E-state index contributed by atoms with van der Waals surface area (Å²) in [5.74, 6) is 1.11. The first-order valence-corrected chi connectivity index (χ1v) is 10.9. The van der Waals surface area contributed by atoms with Gasteiger partial charge in [-0.2, -0.15) is 5.26 Å². The van der Waals surface area contributed by atoms with Crippen molar-refractivity contribution in [3.8, 4) is 6.07 Å². The summed E-state index contributed by atoms with van der Waals surface area (Å²) < 4.78 is 5.47. The number of hydrogen-bond acceptors (Lipinski definition) is 5. The number of ether oxygens (including phenoxy) is 1. The lowest BCUT2D eigenvalue weighted by Crippen LogP contribution is -2.53. The predicted octanol–water partition coefficient (Wildman–Crippen LogP) is 3.07. The van der Waals surface area contributed by atoms with Crippen LogP contribution in [0.3, 0.4) is 0 Å². The van der Waals surface area contributed by atoms with E-state index in [9.17, 15) is 14.9 Å². The molecule has 1 aromatic carbocycles. The quantitative estimate of drug-likeness (QED) is 0.383. The first-order valence-electron chi connectivity index (χ1n) is 10.9. The first kappa shape index (κ1) is 23.5. The lowest BCUT2D eigenvalue weighted by molar-refractivity contribution is -0.139. The fourth-order valence-corrected chi connectivity index (χ4v) is 3.65. The average Bonchev–Trinajstić information content (AvgIpc) is 3.59. The van der Waals surface area contributed by atoms with E-state index in [-0.39, 0.29) is 30.5 Å². The summed E-state index contributed by atoms with van der Waals surface area (Å²) in [6.07, 6.45) is 1.40. The monoisotopic (exact) mass is 437 g/mol. The summed E-state index contributed by atoms with van der Waals surface area (Å²) in [5.41, 5.74) is 2.01. The van der Waals surface area contributed by atoms with Crippen molar-refractivity contribution in [3.05, 3.63) is 35.9 Å². The largest absolute Gasteiger partial charge is 0.362 e. The second-order valence-corrected chi connectivity index (χ2v) is 8.61. The van der Waals surface area contributed by atoms with E-state index in [1.807, 2.05) is 11.8 Å². The Balaban J connectivity index is 1.81. The topological polar surface area (TPSA) is 98.0 Å². The van der Waals surface area contributed by atoms with Gasteiger partial charge in [0.25, 0.3) is 0 Å². The number of methoxy groups -OCH3 is 1. The summed E-state index contributed by atoms with van der Waals surface area (Å²) in [7, 11) is 1.59. The first-order chi connectivity index (χ1) is 15.2. The molecule has 1 unspecified atom stereocenters. The summed E-state index contributed by atoms with van der Waals surface area (Å²) in [4.78, 5) is 33.2. The number of likely N-dealkylation sites (tertiary alicyclic amines) is 1. The van der Waals surface area contributed by atoms with E-state index in [1.54, 1.807) is 37.1 Å². The third-order valence-electron chi connectivity index (χ3n) is 5.88. The molecule has 0 spiro atoms. The summed E-state index contributed by atoms with van der Waals surface area (Å²) >= 11 is 0. The van der Waals surface area contributed by atoms with Crippen molar-refractivity contribution >= 4 is 29.0 Å². The van der Waals surface area contributed by atoms with Crippen molar-refractivity contribution < 1.29 is 14.3 Å². The second kappa shape index (κ2) is 9.96. The highest BCUT2D eigenvalue weighted by Gasteiger charge is 2.31. The molecule has 170 valence electrons. The fourth-order valence-electron chi connectivity index (χ4n) is 3.65. The van der Waals surface area contributed by atoms with Crippen LogP contribution in [0.5, 0.6) is 0 Å². The van der Waals surface area contributed by atoms with Gasteiger partial charge in [0, 0.05) is 31.7 Å². The minimum absolute atomic E-state index is 0.0281. The molecule has 1 saturated heterocycles. The number of nitrogens with one attached hydrogen (secondary N) is 1. The molecule has 8 heteroatoms. The Hall–Kier alpha value is -3.18. The van der Waals surface area contributed by atoms with Crippen molar-refractivity contribution in [2.24, 2.45) is 16.8 Å². The molecule has 2 aliphatic rings. The molecule has 1 aliphatic carbocycles. The van der Waals surface area contributed by atoms with E-state index in [4.69, 9.17) is 4.74 Å². The van der Waals surface area contributed by atoms with E-state index in [1.165, 1.54) is 0 Å². The molecule has 1 N–H and O–H groups in total. The van der Waals surface area contributed by atoms with E-state index >= 15 is 0 Å². The molecule has 1 saturated carbocycles. The molecule has 1 aromatic rings. The van der Waals surface area contributed by atoms with Crippen LogP contribution in [-0.2, 0) is 14.3 Å². The Morgan fingerprint density at radius 2 is 2.09 bits per heavy atom. The van der Waals surface area contributed by atoms with Gasteiger partial charge in [0.05, 0.1) is 23.0 Å². The van der Waals surface area contributed by atoms with E-state index < -0.39 is 0 Å². The smallest absolute Gasteiger partial charge is 0.242 e. The number of amidine groups is 1.